The van der Waals surface area contributed by atoms with E-state index in [2.05, 4.69) is 71.7 Å². The third-order valence-corrected chi connectivity index (χ3v) is 4.54. The number of unbranched alkanes of at least 4 members (excludes halogenated alkanes) is 6. The predicted octanol–water partition coefficient (Wildman–Crippen LogP) is 5.70. The number of hydrogen-bond donors (Lipinski definition) is 0. The van der Waals surface area contributed by atoms with E-state index in [1.165, 1.54) is 51.4 Å². The molecule has 1 aromatic rings. The molecule has 0 aliphatic heterocycles. The van der Waals surface area contributed by atoms with Gasteiger partial charge in [0.05, 0.1) is 5.69 Å². The van der Waals surface area contributed by atoms with Crippen LogP contribution in [0.5, 0.6) is 0 Å². The molecule has 0 bridgehead atoms. The van der Waals surface area contributed by atoms with Gasteiger partial charge in [0.2, 0.25) is 0 Å². The fourth-order valence-corrected chi connectivity index (χ4v) is 2.83. The maximum absolute atomic E-state index is 4.61. The normalized spacial score (nSPS) is 11.1. The Hall–Kier alpha value is -0.521. The molecular formula is C20H34ClCuN4S+. The number of rotatable bonds is 12. The van der Waals surface area contributed by atoms with Gasteiger partial charge in [-0.05, 0) is 31.9 Å². The minimum absolute atomic E-state index is 0.711. The Kier molecular flexibility index (Phi) is 18.5. The summed E-state index contributed by atoms with van der Waals surface area (Å²) in [6.45, 7) is 8.42. The molecule has 4 nitrogen and oxygen atoms in total. The summed E-state index contributed by atoms with van der Waals surface area (Å²) in [4.78, 5) is 6.57. The Morgan fingerprint density at radius 1 is 1.07 bits per heavy atom. The Morgan fingerprint density at radius 3 is 2.15 bits per heavy atom. The molecule has 0 aliphatic rings. The summed E-state index contributed by atoms with van der Waals surface area (Å²) in [5, 5.41) is 5.04. The van der Waals surface area contributed by atoms with E-state index < -0.39 is 0 Å². The summed E-state index contributed by atoms with van der Waals surface area (Å²) in [7, 11) is 4.20. The van der Waals surface area contributed by atoms with Crippen molar-refractivity contribution in [2.45, 2.75) is 72.1 Å². The number of nitrogens with zero attached hydrogens (tertiary/aromatic N) is 4. The van der Waals surface area contributed by atoms with Gasteiger partial charge >= 0.3 is 25.2 Å². The average Bonchev–Trinajstić information content (AvgIpc) is 2.72. The van der Waals surface area contributed by atoms with Crippen LogP contribution in [0, 0.1) is 0 Å². The van der Waals surface area contributed by atoms with Crippen molar-refractivity contribution in [2.75, 3.05) is 13.1 Å². The topological polar surface area (TPSA) is 42.6 Å². The third kappa shape index (κ3) is 13.3. The Balaban J connectivity index is 0.00000326. The molecule has 0 N–H and O–H groups in total. The van der Waals surface area contributed by atoms with Crippen LogP contribution in [0.15, 0.2) is 29.5 Å². The number of thiol groups is 1. The standard InChI is InChI=1S/C20H34N4S.ClH.Cu/c1-4-6-8-12-16-24(17-13-9-7-5-2)20(25)23-22-18(3)19-14-10-11-15-21-19;;/h10-11,14-15H,4-9,12-13,16-17H2,1-3H3,(H,21,23,25);1H;/q;;+2/p-1. The fourth-order valence-electron chi connectivity index (χ4n) is 2.58. The van der Waals surface area contributed by atoms with E-state index in [0.717, 1.165) is 24.5 Å². The summed E-state index contributed by atoms with van der Waals surface area (Å²) < 4.78 is 0. The number of aromatic nitrogens is 1. The summed E-state index contributed by atoms with van der Waals surface area (Å²) in [5.74, 6) is 0. The van der Waals surface area contributed by atoms with Gasteiger partial charge in [0.15, 0.2) is 17.3 Å². The van der Waals surface area contributed by atoms with Crippen LogP contribution in [-0.4, -0.2) is 33.8 Å². The Morgan fingerprint density at radius 2 is 1.67 bits per heavy atom. The second-order valence-electron chi connectivity index (χ2n) is 6.41. The van der Waals surface area contributed by atoms with Crippen LogP contribution < -0.4 is 0 Å². The zero-order valence-corrected chi connectivity index (χ0v) is 19.4. The first-order chi connectivity index (χ1) is 13.2. The number of hydrogen-bond acceptors (Lipinski definition) is 2. The van der Waals surface area contributed by atoms with Crippen molar-refractivity contribution < 1.29 is 15.1 Å². The minimum atomic E-state index is 0.711. The SMILES string of the molecule is CCCCCCN(CCCCCC)C(=[SH+])[N-]N=C(C)c1ccccn1.[Cl][Cu+]. The van der Waals surface area contributed by atoms with Crippen LogP contribution in [0.4, 0.5) is 0 Å². The Labute approximate surface area is 183 Å². The van der Waals surface area contributed by atoms with E-state index in [-0.39, 0.29) is 0 Å². The van der Waals surface area contributed by atoms with Gasteiger partial charge in [-0.15, -0.1) is 0 Å². The van der Waals surface area contributed by atoms with E-state index in [1.807, 2.05) is 25.1 Å². The molecule has 0 aliphatic carbocycles. The van der Waals surface area contributed by atoms with Gasteiger partial charge in [-0.2, -0.15) is 0 Å². The summed E-state index contributed by atoms with van der Waals surface area (Å²) >= 11 is 8.27. The molecule has 0 aromatic carbocycles. The van der Waals surface area contributed by atoms with E-state index in [9.17, 15) is 0 Å². The molecule has 27 heavy (non-hydrogen) atoms. The third-order valence-electron chi connectivity index (χ3n) is 4.17. The Bertz CT molecular complexity index is 502. The average molecular weight is 462 g/mol. The molecular weight excluding hydrogens is 427 g/mol. The molecule has 1 rings (SSSR count). The molecule has 157 valence electrons. The van der Waals surface area contributed by atoms with Crippen LogP contribution in [0.2, 0.25) is 0 Å². The van der Waals surface area contributed by atoms with Gasteiger partial charge in [-0.25, -0.2) is 4.90 Å². The van der Waals surface area contributed by atoms with Crippen molar-refractivity contribution in [3.63, 3.8) is 0 Å². The van der Waals surface area contributed by atoms with Gasteiger partial charge in [-0.3, -0.25) is 4.98 Å². The van der Waals surface area contributed by atoms with Crippen LogP contribution in [0.25, 0.3) is 5.43 Å². The fraction of sp³-hybridized carbons (Fsp3) is 0.650. The van der Waals surface area contributed by atoms with Crippen molar-refractivity contribution in [1.82, 2.24) is 9.88 Å². The van der Waals surface area contributed by atoms with E-state index in [1.54, 1.807) is 6.20 Å². The zero-order chi connectivity index (χ0) is 20.3. The molecule has 0 atom stereocenters. The first-order valence-electron chi connectivity index (χ1n) is 9.78. The van der Waals surface area contributed by atoms with Gasteiger partial charge in [-0.1, -0.05) is 58.4 Å². The van der Waals surface area contributed by atoms with Crippen molar-refractivity contribution in [3.8, 4) is 0 Å². The number of halogens is 1. The molecule has 0 amide bonds. The summed E-state index contributed by atoms with van der Waals surface area (Å²) in [6.07, 6.45) is 11.8. The molecule has 7 heteroatoms. The predicted molar refractivity (Wildman–Crippen MR) is 119 cm³/mol. The molecule has 0 saturated carbocycles. The van der Waals surface area contributed by atoms with Crippen LogP contribution in [0.1, 0.15) is 77.8 Å². The second kappa shape index (κ2) is 18.8. The first kappa shape index (κ1) is 26.5. The number of pyridine rings is 1. The molecule has 0 unspecified atom stereocenters. The molecule has 0 radical (unpaired) electrons. The van der Waals surface area contributed by atoms with Crippen molar-refractivity contribution in [3.05, 3.63) is 35.5 Å². The second-order valence-corrected chi connectivity index (χ2v) is 6.81. The van der Waals surface area contributed by atoms with Gasteiger partial charge in [0.25, 0.3) is 0 Å². The van der Waals surface area contributed by atoms with Crippen molar-refractivity contribution in [1.29, 1.82) is 0 Å². The quantitative estimate of drug-likeness (QED) is 0.0763. The van der Waals surface area contributed by atoms with Gasteiger partial charge in [0.1, 0.15) is 0 Å². The summed E-state index contributed by atoms with van der Waals surface area (Å²) in [6, 6.07) is 5.80. The van der Waals surface area contributed by atoms with E-state index in [0.29, 0.717) is 5.11 Å². The maximum atomic E-state index is 4.61. The molecule has 0 spiro atoms. The monoisotopic (exact) mass is 460 g/mol. The van der Waals surface area contributed by atoms with Crippen molar-refractivity contribution >= 4 is 33.1 Å². The van der Waals surface area contributed by atoms with Gasteiger partial charge < -0.3 is 10.5 Å². The molecule has 1 heterocycles. The molecule has 0 saturated heterocycles. The van der Waals surface area contributed by atoms with Gasteiger partial charge in [0, 0.05) is 25.0 Å². The van der Waals surface area contributed by atoms with Crippen LogP contribution in [-0.2, 0) is 27.3 Å². The van der Waals surface area contributed by atoms with E-state index in [4.69, 9.17) is 0 Å². The van der Waals surface area contributed by atoms with Crippen molar-refractivity contribution in [2.24, 2.45) is 5.10 Å². The van der Waals surface area contributed by atoms with Crippen LogP contribution >= 0.6 is 10.1 Å². The summed E-state index contributed by atoms with van der Waals surface area (Å²) in [5.41, 5.74) is 6.01. The van der Waals surface area contributed by atoms with Crippen LogP contribution in [0.3, 0.4) is 0 Å². The molecule has 0 fully saturated rings. The molecule has 1 aromatic heterocycles. The first-order valence-corrected chi connectivity index (χ1v) is 11.5. The zero-order valence-electron chi connectivity index (χ0n) is 16.8. The van der Waals surface area contributed by atoms with E-state index >= 15 is 0 Å².